The highest BCUT2D eigenvalue weighted by Crippen LogP contribution is 2.30. The zero-order chi connectivity index (χ0) is 11.5. The van der Waals surface area contributed by atoms with Crippen LogP contribution in [0, 0.1) is 0 Å². The normalized spacial score (nSPS) is 17.7. The van der Waals surface area contributed by atoms with Crippen LogP contribution in [0.4, 0.5) is 4.79 Å². The van der Waals surface area contributed by atoms with Gasteiger partial charge < -0.3 is 15.3 Å². The van der Waals surface area contributed by atoms with E-state index in [9.17, 15) is 9.59 Å². The molecule has 1 rings (SSSR count). The van der Waals surface area contributed by atoms with Crippen LogP contribution in [0.15, 0.2) is 0 Å². The van der Waals surface area contributed by atoms with Crippen molar-refractivity contribution in [2.75, 3.05) is 13.6 Å². The summed E-state index contributed by atoms with van der Waals surface area (Å²) in [5.74, 6) is -0.885. The van der Waals surface area contributed by atoms with Crippen LogP contribution in [0.2, 0.25) is 0 Å². The van der Waals surface area contributed by atoms with E-state index >= 15 is 0 Å². The largest absolute Gasteiger partial charge is 0.481 e. The van der Waals surface area contributed by atoms with Gasteiger partial charge in [-0.3, -0.25) is 4.79 Å². The van der Waals surface area contributed by atoms with E-state index < -0.39 is 5.97 Å². The topological polar surface area (TPSA) is 69.6 Å². The molecule has 1 aliphatic rings. The van der Waals surface area contributed by atoms with Crippen molar-refractivity contribution in [2.24, 2.45) is 0 Å². The van der Waals surface area contributed by atoms with E-state index in [-0.39, 0.29) is 24.5 Å². The molecule has 0 radical (unpaired) electrons. The monoisotopic (exact) mass is 214 g/mol. The van der Waals surface area contributed by atoms with Crippen molar-refractivity contribution in [3.05, 3.63) is 0 Å². The third-order valence-corrected chi connectivity index (χ3v) is 2.87. The molecule has 0 atom stereocenters. The van der Waals surface area contributed by atoms with Crippen molar-refractivity contribution in [1.29, 1.82) is 0 Å². The zero-order valence-electron chi connectivity index (χ0n) is 9.25. The van der Waals surface area contributed by atoms with Gasteiger partial charge in [-0.2, -0.15) is 0 Å². The predicted octanol–water partition coefficient (Wildman–Crippen LogP) is 1.05. The van der Waals surface area contributed by atoms with E-state index in [4.69, 9.17) is 5.11 Å². The van der Waals surface area contributed by atoms with E-state index in [1.807, 2.05) is 6.92 Å². The maximum Gasteiger partial charge on any atom is 0.317 e. The minimum atomic E-state index is -0.885. The molecule has 1 saturated carbocycles. The Kier molecular flexibility index (Phi) is 3.55. The Morgan fingerprint density at radius 2 is 2.07 bits per heavy atom. The standard InChI is InChI=1S/C10H18N2O3/c1-10(5-3-6-10)11-9(15)12(2)7-4-8(13)14/h3-7H2,1-2H3,(H,11,15)(H,13,14). The van der Waals surface area contributed by atoms with Crippen molar-refractivity contribution in [1.82, 2.24) is 10.2 Å². The van der Waals surface area contributed by atoms with Gasteiger partial charge in [0, 0.05) is 19.1 Å². The summed E-state index contributed by atoms with van der Waals surface area (Å²) in [6.07, 6.45) is 3.15. The second kappa shape index (κ2) is 4.51. The fraction of sp³-hybridized carbons (Fsp3) is 0.800. The summed E-state index contributed by atoms with van der Waals surface area (Å²) in [6, 6.07) is -0.182. The molecule has 1 aliphatic carbocycles. The summed E-state index contributed by atoms with van der Waals surface area (Å²) in [7, 11) is 1.61. The molecular formula is C10H18N2O3. The first-order valence-corrected chi connectivity index (χ1v) is 5.18. The van der Waals surface area contributed by atoms with Crippen molar-refractivity contribution in [3.63, 3.8) is 0 Å². The van der Waals surface area contributed by atoms with Crippen LogP contribution < -0.4 is 5.32 Å². The molecule has 0 unspecified atom stereocenters. The van der Waals surface area contributed by atoms with Crippen LogP contribution in [0.3, 0.4) is 0 Å². The van der Waals surface area contributed by atoms with Gasteiger partial charge in [-0.15, -0.1) is 0 Å². The Morgan fingerprint density at radius 1 is 1.47 bits per heavy atom. The number of carboxylic acid groups (broad SMARTS) is 1. The third-order valence-electron chi connectivity index (χ3n) is 2.87. The van der Waals surface area contributed by atoms with Crippen molar-refractivity contribution in [2.45, 2.75) is 38.1 Å². The fourth-order valence-corrected chi connectivity index (χ4v) is 1.55. The predicted molar refractivity (Wildman–Crippen MR) is 55.7 cm³/mol. The average Bonchev–Trinajstić information content (AvgIpc) is 2.11. The molecule has 0 saturated heterocycles. The van der Waals surface area contributed by atoms with Crippen LogP contribution in [0.25, 0.3) is 0 Å². The van der Waals surface area contributed by atoms with E-state index in [0.717, 1.165) is 19.3 Å². The molecule has 0 aromatic carbocycles. The number of nitrogens with one attached hydrogen (secondary N) is 1. The van der Waals surface area contributed by atoms with Gasteiger partial charge in [0.05, 0.1) is 6.42 Å². The van der Waals surface area contributed by atoms with E-state index in [1.165, 1.54) is 4.90 Å². The van der Waals surface area contributed by atoms with E-state index in [2.05, 4.69) is 5.32 Å². The molecule has 5 nitrogen and oxygen atoms in total. The van der Waals surface area contributed by atoms with Crippen molar-refractivity contribution >= 4 is 12.0 Å². The van der Waals surface area contributed by atoms with Gasteiger partial charge in [-0.05, 0) is 26.2 Å². The zero-order valence-corrected chi connectivity index (χ0v) is 9.25. The van der Waals surface area contributed by atoms with Crippen LogP contribution in [0.1, 0.15) is 32.6 Å². The molecule has 86 valence electrons. The highest BCUT2D eigenvalue weighted by Gasteiger charge is 2.33. The molecule has 0 bridgehead atoms. The van der Waals surface area contributed by atoms with Gasteiger partial charge >= 0.3 is 12.0 Å². The quantitative estimate of drug-likeness (QED) is 0.734. The number of hydrogen-bond acceptors (Lipinski definition) is 2. The lowest BCUT2D eigenvalue weighted by Crippen LogP contribution is -2.54. The molecule has 15 heavy (non-hydrogen) atoms. The number of urea groups is 1. The second-order valence-electron chi connectivity index (χ2n) is 4.41. The number of aliphatic carboxylic acids is 1. The summed E-state index contributed by atoms with van der Waals surface area (Å²) >= 11 is 0. The van der Waals surface area contributed by atoms with Crippen LogP contribution in [-0.4, -0.2) is 41.1 Å². The molecular weight excluding hydrogens is 196 g/mol. The second-order valence-corrected chi connectivity index (χ2v) is 4.41. The van der Waals surface area contributed by atoms with Gasteiger partial charge in [0.25, 0.3) is 0 Å². The Bertz CT molecular complexity index is 261. The molecule has 2 N–H and O–H groups in total. The minimum absolute atomic E-state index is 0.0133. The maximum atomic E-state index is 11.6. The van der Waals surface area contributed by atoms with E-state index in [0.29, 0.717) is 0 Å². The van der Waals surface area contributed by atoms with Crippen LogP contribution in [-0.2, 0) is 4.79 Å². The Labute approximate surface area is 89.4 Å². The molecule has 0 aromatic heterocycles. The third kappa shape index (κ3) is 3.42. The highest BCUT2D eigenvalue weighted by atomic mass is 16.4. The number of carbonyl (C=O) groups is 2. The minimum Gasteiger partial charge on any atom is -0.481 e. The summed E-state index contributed by atoms with van der Waals surface area (Å²) in [5, 5.41) is 11.4. The maximum absolute atomic E-state index is 11.6. The van der Waals surface area contributed by atoms with E-state index in [1.54, 1.807) is 7.05 Å². The fourth-order valence-electron chi connectivity index (χ4n) is 1.55. The summed E-state index contributed by atoms with van der Waals surface area (Å²) in [6.45, 7) is 2.26. The number of hydrogen-bond donors (Lipinski definition) is 2. The van der Waals surface area contributed by atoms with Gasteiger partial charge in [0.2, 0.25) is 0 Å². The highest BCUT2D eigenvalue weighted by molar-refractivity contribution is 5.75. The lowest BCUT2D eigenvalue weighted by atomic mass is 9.79. The Balaban J connectivity index is 2.29. The average molecular weight is 214 g/mol. The molecule has 5 heteroatoms. The SMILES string of the molecule is CN(CCC(=O)O)C(=O)NC1(C)CCC1. The van der Waals surface area contributed by atoms with Crippen molar-refractivity contribution in [3.8, 4) is 0 Å². The first kappa shape index (κ1) is 11.8. The molecule has 1 fully saturated rings. The molecule has 0 aliphatic heterocycles. The molecule has 0 heterocycles. The molecule has 0 spiro atoms. The number of rotatable bonds is 4. The summed E-state index contributed by atoms with van der Waals surface area (Å²) in [4.78, 5) is 23.3. The first-order chi connectivity index (χ1) is 6.93. The number of amides is 2. The van der Waals surface area contributed by atoms with Crippen LogP contribution >= 0.6 is 0 Å². The Morgan fingerprint density at radius 3 is 2.47 bits per heavy atom. The smallest absolute Gasteiger partial charge is 0.317 e. The summed E-state index contributed by atoms with van der Waals surface area (Å²) < 4.78 is 0. The molecule has 2 amide bonds. The lowest BCUT2D eigenvalue weighted by molar-refractivity contribution is -0.137. The number of carboxylic acids is 1. The van der Waals surface area contributed by atoms with Gasteiger partial charge in [0.15, 0.2) is 0 Å². The van der Waals surface area contributed by atoms with Crippen molar-refractivity contribution < 1.29 is 14.7 Å². The number of nitrogens with zero attached hydrogens (tertiary/aromatic N) is 1. The summed E-state index contributed by atoms with van der Waals surface area (Å²) in [5.41, 5.74) is -0.0748. The molecule has 0 aromatic rings. The first-order valence-electron chi connectivity index (χ1n) is 5.18. The lowest BCUT2D eigenvalue weighted by Gasteiger charge is -2.40. The van der Waals surface area contributed by atoms with Gasteiger partial charge in [-0.25, -0.2) is 4.79 Å². The van der Waals surface area contributed by atoms with Crippen LogP contribution in [0.5, 0.6) is 0 Å². The van der Waals surface area contributed by atoms with Gasteiger partial charge in [0.1, 0.15) is 0 Å². The Hall–Kier alpha value is -1.26. The number of carbonyl (C=O) groups excluding carboxylic acids is 1. The van der Waals surface area contributed by atoms with Gasteiger partial charge in [-0.1, -0.05) is 0 Å².